The van der Waals surface area contributed by atoms with E-state index in [1.807, 2.05) is 30.3 Å². The number of aromatic nitrogens is 4. The lowest BCUT2D eigenvalue weighted by Gasteiger charge is -2.00. The highest BCUT2D eigenvalue weighted by molar-refractivity contribution is 7.15. The highest BCUT2D eigenvalue weighted by atomic mass is 32.1. The van der Waals surface area contributed by atoms with Gasteiger partial charge in [0.1, 0.15) is 10.0 Å². The maximum absolute atomic E-state index is 12.1. The van der Waals surface area contributed by atoms with E-state index in [9.17, 15) is 14.4 Å². The fraction of sp³-hybridized carbons (Fsp3) is 0.409. The van der Waals surface area contributed by atoms with Crippen molar-refractivity contribution in [2.24, 2.45) is 0 Å². The van der Waals surface area contributed by atoms with Crippen molar-refractivity contribution in [1.29, 1.82) is 0 Å². The number of nitrogens with one attached hydrogen (secondary N) is 2. The van der Waals surface area contributed by atoms with Crippen molar-refractivity contribution >= 4 is 50.7 Å². The van der Waals surface area contributed by atoms with Crippen LogP contribution in [0.1, 0.15) is 54.1 Å². The van der Waals surface area contributed by atoms with Crippen LogP contribution in [0, 0.1) is 0 Å². The lowest BCUT2D eigenvalue weighted by molar-refractivity contribution is -0.137. The maximum Gasteiger partial charge on any atom is 0.303 e. The molecule has 3 aromatic rings. The number of rotatable bonds is 14. The van der Waals surface area contributed by atoms with Crippen LogP contribution in [0.4, 0.5) is 10.3 Å². The molecule has 0 fully saturated rings. The predicted octanol–water partition coefficient (Wildman–Crippen LogP) is 3.72. The molecule has 3 rings (SSSR count). The third-order valence-corrected chi connectivity index (χ3v) is 6.51. The monoisotopic (exact) mass is 502 g/mol. The van der Waals surface area contributed by atoms with Gasteiger partial charge >= 0.3 is 5.97 Å². The van der Waals surface area contributed by atoms with Gasteiger partial charge in [0, 0.05) is 25.7 Å². The van der Waals surface area contributed by atoms with Crippen molar-refractivity contribution in [1.82, 2.24) is 20.4 Å². The van der Waals surface area contributed by atoms with Crippen LogP contribution in [0.25, 0.3) is 0 Å². The number of hydrogen-bond acceptors (Lipinski definition) is 9. The zero-order valence-corrected chi connectivity index (χ0v) is 20.2. The quantitative estimate of drug-likeness (QED) is 0.283. The van der Waals surface area contributed by atoms with Gasteiger partial charge in [0.15, 0.2) is 0 Å². The van der Waals surface area contributed by atoms with Gasteiger partial charge < -0.3 is 15.7 Å². The van der Waals surface area contributed by atoms with Crippen molar-refractivity contribution in [3.8, 4) is 0 Å². The first kappa shape index (κ1) is 25.4. The molecule has 0 radical (unpaired) electrons. The zero-order valence-electron chi connectivity index (χ0n) is 18.5. The lowest BCUT2D eigenvalue weighted by atomic mass is 10.1. The number of nitrogens with zero attached hydrogens (tertiary/aromatic N) is 4. The Kier molecular flexibility index (Phi) is 10.0. The number of carbonyl (C=O) groups excluding carboxylic acids is 2. The summed E-state index contributed by atoms with van der Waals surface area (Å²) < 4.78 is 0. The van der Waals surface area contributed by atoms with Gasteiger partial charge in [0.25, 0.3) is 0 Å². The molecule has 0 bridgehead atoms. The number of benzene rings is 1. The standard InChI is InChI=1S/C22H26N6O4S2/c29-16(10-4-7-13-20(31)32)23-21-27-25-18(33-21)11-5-6-12-19-26-28-22(34-19)24-17(30)14-15-8-2-1-3-9-15/h1-3,8-9H,4-7,10-14H2,(H,31,32)(H,23,27,29)(H,24,28,30). The summed E-state index contributed by atoms with van der Waals surface area (Å²) in [6.45, 7) is 0. The smallest absolute Gasteiger partial charge is 0.303 e. The van der Waals surface area contributed by atoms with E-state index in [0.29, 0.717) is 29.5 Å². The summed E-state index contributed by atoms with van der Waals surface area (Å²) in [6, 6.07) is 9.53. The van der Waals surface area contributed by atoms with E-state index in [1.165, 1.54) is 22.7 Å². The van der Waals surface area contributed by atoms with Gasteiger partial charge in [0.2, 0.25) is 22.1 Å². The fourth-order valence-electron chi connectivity index (χ4n) is 3.05. The van der Waals surface area contributed by atoms with Gasteiger partial charge in [-0.1, -0.05) is 53.0 Å². The van der Waals surface area contributed by atoms with Crippen molar-refractivity contribution in [2.75, 3.05) is 10.6 Å². The van der Waals surface area contributed by atoms with Gasteiger partial charge in [-0.15, -0.1) is 20.4 Å². The van der Waals surface area contributed by atoms with E-state index < -0.39 is 5.97 Å². The van der Waals surface area contributed by atoms with Crippen molar-refractivity contribution in [2.45, 2.75) is 57.8 Å². The number of amides is 2. The van der Waals surface area contributed by atoms with E-state index in [4.69, 9.17) is 5.11 Å². The van der Waals surface area contributed by atoms with E-state index >= 15 is 0 Å². The number of aliphatic carboxylic acids is 1. The maximum atomic E-state index is 12.1. The number of carboxylic acids is 1. The van der Waals surface area contributed by atoms with Gasteiger partial charge in [-0.3, -0.25) is 14.4 Å². The summed E-state index contributed by atoms with van der Waals surface area (Å²) in [5.41, 5.74) is 0.944. The molecule has 12 heteroatoms. The molecule has 3 N–H and O–H groups in total. The Labute approximate surface area is 204 Å². The largest absolute Gasteiger partial charge is 0.481 e. The molecule has 0 spiro atoms. The Hall–Kier alpha value is -3.25. The van der Waals surface area contributed by atoms with Crippen LogP contribution in [-0.4, -0.2) is 43.3 Å². The first-order valence-electron chi connectivity index (χ1n) is 11.0. The average Bonchev–Trinajstić information content (AvgIpc) is 3.44. The molecule has 0 saturated carbocycles. The molecule has 0 aliphatic rings. The molecule has 0 saturated heterocycles. The van der Waals surface area contributed by atoms with Crippen molar-refractivity contribution in [3.63, 3.8) is 0 Å². The Morgan fingerprint density at radius 1 is 0.735 bits per heavy atom. The van der Waals surface area contributed by atoms with Crippen LogP contribution in [0.5, 0.6) is 0 Å². The molecule has 1 aromatic carbocycles. The number of anilines is 2. The summed E-state index contributed by atoms with van der Waals surface area (Å²) in [5, 5.41) is 33.1. The molecule has 180 valence electrons. The van der Waals surface area contributed by atoms with Gasteiger partial charge in [-0.25, -0.2) is 0 Å². The normalized spacial score (nSPS) is 10.7. The van der Waals surface area contributed by atoms with E-state index in [0.717, 1.165) is 41.3 Å². The Morgan fingerprint density at radius 3 is 1.88 bits per heavy atom. The number of aryl methyl sites for hydroxylation is 2. The second-order valence-corrected chi connectivity index (χ2v) is 9.69. The molecule has 2 amide bonds. The summed E-state index contributed by atoms with van der Waals surface area (Å²) >= 11 is 2.72. The molecule has 2 aromatic heterocycles. The molecular weight excluding hydrogens is 476 g/mol. The molecule has 10 nitrogen and oxygen atoms in total. The van der Waals surface area contributed by atoms with E-state index in [1.54, 1.807) is 0 Å². The third kappa shape index (κ3) is 9.32. The van der Waals surface area contributed by atoms with Crippen LogP contribution < -0.4 is 10.6 Å². The van der Waals surface area contributed by atoms with E-state index in [2.05, 4.69) is 31.0 Å². The number of hydrogen-bond donors (Lipinski definition) is 3. The number of unbranched alkanes of at least 4 members (excludes halogenated alkanes) is 2. The van der Waals surface area contributed by atoms with Crippen LogP contribution in [0.15, 0.2) is 30.3 Å². The topological polar surface area (TPSA) is 147 Å². The third-order valence-electron chi connectivity index (χ3n) is 4.71. The average molecular weight is 503 g/mol. The molecule has 34 heavy (non-hydrogen) atoms. The highest BCUT2D eigenvalue weighted by Crippen LogP contribution is 2.20. The van der Waals surface area contributed by atoms with Gasteiger partial charge in [-0.05, 0) is 31.2 Å². The molecule has 0 aliphatic carbocycles. The Bertz CT molecular complexity index is 1090. The van der Waals surface area contributed by atoms with E-state index in [-0.39, 0.29) is 24.7 Å². The number of carboxylic acid groups (broad SMARTS) is 1. The summed E-state index contributed by atoms with van der Waals surface area (Å²) in [7, 11) is 0. The molecule has 2 heterocycles. The first-order valence-corrected chi connectivity index (χ1v) is 12.6. The highest BCUT2D eigenvalue weighted by Gasteiger charge is 2.11. The van der Waals surface area contributed by atoms with Gasteiger partial charge in [-0.2, -0.15) is 0 Å². The number of carbonyl (C=O) groups is 3. The zero-order chi connectivity index (χ0) is 24.2. The SMILES string of the molecule is O=C(O)CCCCC(=O)Nc1nnc(CCCCc2nnc(NC(=O)Cc3ccccc3)s2)s1. The Morgan fingerprint density at radius 2 is 1.29 bits per heavy atom. The van der Waals surface area contributed by atoms with Crippen molar-refractivity contribution < 1.29 is 19.5 Å². The summed E-state index contributed by atoms with van der Waals surface area (Å²) in [5.74, 6) is -1.16. The lowest BCUT2D eigenvalue weighted by Crippen LogP contribution is -2.14. The molecule has 0 unspecified atom stereocenters. The summed E-state index contributed by atoms with van der Waals surface area (Å²) in [4.78, 5) is 34.5. The van der Waals surface area contributed by atoms with Gasteiger partial charge in [0.05, 0.1) is 6.42 Å². The molecule has 0 aliphatic heterocycles. The van der Waals surface area contributed by atoms with Crippen LogP contribution in [-0.2, 0) is 33.6 Å². The second kappa shape index (κ2) is 13.5. The van der Waals surface area contributed by atoms with Crippen molar-refractivity contribution in [3.05, 3.63) is 45.9 Å². The first-order chi connectivity index (χ1) is 16.5. The summed E-state index contributed by atoms with van der Waals surface area (Å²) in [6.07, 6.45) is 4.89. The Balaban J connectivity index is 1.31. The second-order valence-electron chi connectivity index (χ2n) is 7.57. The minimum atomic E-state index is -0.855. The minimum Gasteiger partial charge on any atom is -0.481 e. The van der Waals surface area contributed by atoms with Crippen LogP contribution >= 0.6 is 22.7 Å². The molecule has 0 atom stereocenters. The predicted molar refractivity (Wildman–Crippen MR) is 130 cm³/mol. The molecular formula is C22H26N6O4S2. The van der Waals surface area contributed by atoms with Crippen LogP contribution in [0.2, 0.25) is 0 Å². The van der Waals surface area contributed by atoms with Crippen LogP contribution in [0.3, 0.4) is 0 Å². The fourth-order valence-corrected chi connectivity index (χ4v) is 4.65. The minimum absolute atomic E-state index is 0.0670.